The highest BCUT2D eigenvalue weighted by Gasteiger charge is 2.15. The summed E-state index contributed by atoms with van der Waals surface area (Å²) in [4.78, 5) is 12.2. The second-order valence-electron chi connectivity index (χ2n) is 5.84. The maximum Gasteiger partial charge on any atom is 0.261 e. The van der Waals surface area contributed by atoms with Crippen LogP contribution in [0, 0.1) is 20.8 Å². The molecule has 122 valence electrons. The van der Waals surface area contributed by atoms with E-state index in [1.54, 1.807) is 6.92 Å². The molecule has 23 heavy (non-hydrogen) atoms. The number of hydrogen-bond acceptors (Lipinski definition) is 2. The number of halogens is 1. The lowest BCUT2D eigenvalue weighted by atomic mass is 10.1. The third-order valence-electron chi connectivity index (χ3n) is 3.64. The van der Waals surface area contributed by atoms with E-state index in [9.17, 15) is 4.79 Å². The van der Waals surface area contributed by atoms with Crippen molar-refractivity contribution in [2.45, 2.75) is 40.3 Å². The quantitative estimate of drug-likeness (QED) is 0.884. The summed E-state index contributed by atoms with van der Waals surface area (Å²) in [6, 6.07) is 11.8. The fourth-order valence-electron chi connectivity index (χ4n) is 2.39. The van der Waals surface area contributed by atoms with Gasteiger partial charge in [0.1, 0.15) is 5.75 Å². The normalized spacial score (nSPS) is 11.9. The van der Waals surface area contributed by atoms with Crippen LogP contribution in [0.3, 0.4) is 0 Å². The molecule has 0 spiro atoms. The number of aryl methyl sites for hydroxylation is 3. The predicted molar refractivity (Wildman–Crippen MR) is 94.0 cm³/mol. The summed E-state index contributed by atoms with van der Waals surface area (Å²) in [7, 11) is 0. The topological polar surface area (TPSA) is 38.3 Å². The SMILES string of the molecule is Cc1cccc(CNC(=O)[C@H](C)Oc2cc(C)c(Cl)c(C)c2)c1. The van der Waals surface area contributed by atoms with Crippen LogP contribution in [0.15, 0.2) is 36.4 Å². The van der Waals surface area contributed by atoms with E-state index in [4.69, 9.17) is 16.3 Å². The number of benzene rings is 2. The smallest absolute Gasteiger partial charge is 0.261 e. The molecule has 0 heterocycles. The standard InChI is InChI=1S/C19H22ClNO2/c1-12-6-5-7-16(8-12)11-21-19(22)15(4)23-17-9-13(2)18(20)14(3)10-17/h5-10,15H,11H2,1-4H3,(H,21,22)/t15-/m0/s1. The molecule has 1 amide bonds. The van der Waals surface area contributed by atoms with E-state index in [2.05, 4.69) is 11.4 Å². The molecule has 0 fully saturated rings. The average molecular weight is 332 g/mol. The minimum absolute atomic E-state index is 0.142. The first-order valence-electron chi connectivity index (χ1n) is 7.63. The number of nitrogens with one attached hydrogen (secondary N) is 1. The van der Waals surface area contributed by atoms with Crippen molar-refractivity contribution in [3.63, 3.8) is 0 Å². The van der Waals surface area contributed by atoms with Gasteiger partial charge in [-0.05, 0) is 56.5 Å². The first-order chi connectivity index (χ1) is 10.9. The van der Waals surface area contributed by atoms with Gasteiger partial charge in [-0.25, -0.2) is 0 Å². The molecule has 0 aliphatic heterocycles. The number of carbonyl (C=O) groups excluding carboxylic acids is 1. The van der Waals surface area contributed by atoms with Gasteiger partial charge in [-0.2, -0.15) is 0 Å². The van der Waals surface area contributed by atoms with Crippen molar-refractivity contribution in [3.05, 3.63) is 63.7 Å². The van der Waals surface area contributed by atoms with Crippen molar-refractivity contribution in [2.24, 2.45) is 0 Å². The van der Waals surface area contributed by atoms with Crippen molar-refractivity contribution >= 4 is 17.5 Å². The van der Waals surface area contributed by atoms with Gasteiger partial charge < -0.3 is 10.1 Å². The molecule has 0 aromatic heterocycles. The van der Waals surface area contributed by atoms with Crippen LogP contribution >= 0.6 is 11.6 Å². The Morgan fingerprint density at radius 2 is 1.83 bits per heavy atom. The molecule has 1 N–H and O–H groups in total. The molecule has 2 rings (SSSR count). The molecule has 0 saturated carbocycles. The number of amides is 1. The zero-order valence-electron chi connectivity index (χ0n) is 13.9. The highest BCUT2D eigenvalue weighted by molar-refractivity contribution is 6.32. The Morgan fingerprint density at radius 3 is 2.43 bits per heavy atom. The molecule has 2 aromatic rings. The summed E-state index contributed by atoms with van der Waals surface area (Å²) in [5.41, 5.74) is 4.12. The van der Waals surface area contributed by atoms with Gasteiger partial charge in [0.2, 0.25) is 0 Å². The van der Waals surface area contributed by atoms with Crippen LogP contribution < -0.4 is 10.1 Å². The molecule has 4 heteroatoms. The van der Waals surface area contributed by atoms with E-state index in [1.807, 2.05) is 51.1 Å². The summed E-state index contributed by atoms with van der Waals surface area (Å²) in [6.45, 7) is 8.11. The van der Waals surface area contributed by atoms with Gasteiger partial charge >= 0.3 is 0 Å². The van der Waals surface area contributed by atoms with E-state index in [-0.39, 0.29) is 5.91 Å². The monoisotopic (exact) mass is 331 g/mol. The van der Waals surface area contributed by atoms with Gasteiger partial charge in [0.05, 0.1) is 0 Å². The summed E-state index contributed by atoms with van der Waals surface area (Å²) >= 11 is 6.14. The number of carbonyl (C=O) groups is 1. The summed E-state index contributed by atoms with van der Waals surface area (Å²) in [5, 5.41) is 3.63. The maximum absolute atomic E-state index is 12.2. The van der Waals surface area contributed by atoms with Crippen molar-refractivity contribution < 1.29 is 9.53 Å². The van der Waals surface area contributed by atoms with Crippen molar-refractivity contribution in [1.82, 2.24) is 5.32 Å². The van der Waals surface area contributed by atoms with Gasteiger partial charge in [-0.15, -0.1) is 0 Å². The summed E-state index contributed by atoms with van der Waals surface area (Å²) in [5.74, 6) is 0.513. The Bertz CT molecular complexity index is 689. The van der Waals surface area contributed by atoms with E-state index in [1.165, 1.54) is 5.56 Å². The Morgan fingerprint density at radius 1 is 1.17 bits per heavy atom. The van der Waals surface area contributed by atoms with Gasteiger partial charge in [-0.1, -0.05) is 41.4 Å². The zero-order valence-corrected chi connectivity index (χ0v) is 14.7. The van der Waals surface area contributed by atoms with Crippen LogP contribution in [-0.2, 0) is 11.3 Å². The molecular formula is C19H22ClNO2. The highest BCUT2D eigenvalue weighted by atomic mass is 35.5. The van der Waals surface area contributed by atoms with Crippen LogP contribution in [0.25, 0.3) is 0 Å². The molecule has 0 bridgehead atoms. The minimum Gasteiger partial charge on any atom is -0.481 e. The van der Waals surface area contributed by atoms with E-state index in [0.717, 1.165) is 21.7 Å². The lowest BCUT2D eigenvalue weighted by molar-refractivity contribution is -0.127. The lowest BCUT2D eigenvalue weighted by Crippen LogP contribution is -2.35. The largest absolute Gasteiger partial charge is 0.481 e. The Kier molecular flexibility index (Phi) is 5.67. The Balaban J connectivity index is 1.95. The highest BCUT2D eigenvalue weighted by Crippen LogP contribution is 2.26. The molecule has 0 saturated heterocycles. The van der Waals surface area contributed by atoms with E-state index < -0.39 is 6.10 Å². The fraction of sp³-hybridized carbons (Fsp3) is 0.316. The Labute approximate surface area is 142 Å². The first kappa shape index (κ1) is 17.4. The molecule has 0 aliphatic carbocycles. The van der Waals surface area contributed by atoms with Crippen LogP contribution in [0.1, 0.15) is 29.2 Å². The molecule has 3 nitrogen and oxygen atoms in total. The van der Waals surface area contributed by atoms with Crippen LogP contribution in [0.4, 0.5) is 0 Å². The number of rotatable bonds is 5. The molecule has 0 unspecified atom stereocenters. The van der Waals surface area contributed by atoms with Gasteiger partial charge in [-0.3, -0.25) is 4.79 Å². The average Bonchev–Trinajstić information content (AvgIpc) is 2.50. The Hall–Kier alpha value is -2.00. The first-order valence-corrected chi connectivity index (χ1v) is 8.01. The lowest BCUT2D eigenvalue weighted by Gasteiger charge is -2.16. The maximum atomic E-state index is 12.2. The number of ether oxygens (including phenoxy) is 1. The van der Waals surface area contributed by atoms with Crippen molar-refractivity contribution in [1.29, 1.82) is 0 Å². The molecule has 2 aromatic carbocycles. The van der Waals surface area contributed by atoms with Crippen LogP contribution in [0.2, 0.25) is 5.02 Å². The van der Waals surface area contributed by atoms with Crippen LogP contribution in [0.5, 0.6) is 5.75 Å². The van der Waals surface area contributed by atoms with Gasteiger partial charge in [0, 0.05) is 11.6 Å². The van der Waals surface area contributed by atoms with E-state index in [0.29, 0.717) is 12.3 Å². The minimum atomic E-state index is -0.570. The van der Waals surface area contributed by atoms with Gasteiger partial charge in [0.25, 0.3) is 5.91 Å². The summed E-state index contributed by atoms with van der Waals surface area (Å²) < 4.78 is 5.73. The second kappa shape index (κ2) is 7.51. The third kappa shape index (κ3) is 4.73. The van der Waals surface area contributed by atoms with Crippen molar-refractivity contribution in [2.75, 3.05) is 0 Å². The second-order valence-corrected chi connectivity index (χ2v) is 6.22. The van der Waals surface area contributed by atoms with Crippen molar-refractivity contribution in [3.8, 4) is 5.75 Å². The zero-order chi connectivity index (χ0) is 17.0. The molecule has 0 radical (unpaired) electrons. The molecule has 0 aliphatic rings. The number of hydrogen-bond donors (Lipinski definition) is 1. The molecule has 1 atom stereocenters. The van der Waals surface area contributed by atoms with Gasteiger partial charge in [0.15, 0.2) is 6.10 Å². The van der Waals surface area contributed by atoms with E-state index >= 15 is 0 Å². The third-order valence-corrected chi connectivity index (χ3v) is 4.24. The fourth-order valence-corrected chi connectivity index (χ4v) is 2.50. The summed E-state index contributed by atoms with van der Waals surface area (Å²) in [6.07, 6.45) is -0.570. The van der Waals surface area contributed by atoms with Crippen LogP contribution in [-0.4, -0.2) is 12.0 Å². The predicted octanol–water partition coefficient (Wildman–Crippen LogP) is 4.35. The molecular weight excluding hydrogens is 310 g/mol.